The third-order valence-electron chi connectivity index (χ3n) is 4.29. The Hall–Kier alpha value is -3.66. The van der Waals surface area contributed by atoms with Gasteiger partial charge in [-0.1, -0.05) is 54.6 Å². The van der Waals surface area contributed by atoms with Gasteiger partial charge in [-0.25, -0.2) is 9.97 Å². The quantitative estimate of drug-likeness (QED) is 0.510. The highest BCUT2D eigenvalue weighted by atomic mass is 16.5. The number of rotatable bonds is 5. The standard InChI is InChI=1S/C23H19N3O/c1-27-21-13-11-20(12-14-21)25-23-24-16-15-22(26-23)19-9-7-18(8-10-19)17-5-3-2-4-6-17/h2-16H,1H3,(H,24,25,26). The fourth-order valence-corrected chi connectivity index (χ4v) is 2.85. The normalized spacial score (nSPS) is 10.4. The van der Waals surface area contributed by atoms with Gasteiger partial charge < -0.3 is 10.1 Å². The van der Waals surface area contributed by atoms with E-state index in [9.17, 15) is 0 Å². The van der Waals surface area contributed by atoms with Crippen molar-refractivity contribution in [1.29, 1.82) is 0 Å². The SMILES string of the molecule is COc1ccc(Nc2nccc(-c3ccc(-c4ccccc4)cc3)n2)cc1. The van der Waals surface area contributed by atoms with E-state index in [1.54, 1.807) is 13.3 Å². The van der Waals surface area contributed by atoms with Crippen LogP contribution in [0.5, 0.6) is 5.75 Å². The van der Waals surface area contributed by atoms with Crippen LogP contribution in [0.4, 0.5) is 11.6 Å². The highest BCUT2D eigenvalue weighted by molar-refractivity contribution is 5.69. The zero-order chi connectivity index (χ0) is 18.5. The monoisotopic (exact) mass is 353 g/mol. The van der Waals surface area contributed by atoms with Gasteiger partial charge in [0.2, 0.25) is 5.95 Å². The van der Waals surface area contributed by atoms with Crippen LogP contribution in [0.1, 0.15) is 0 Å². The molecule has 0 saturated heterocycles. The second kappa shape index (κ2) is 7.70. The van der Waals surface area contributed by atoms with Crippen molar-refractivity contribution >= 4 is 11.6 Å². The number of anilines is 2. The molecule has 0 amide bonds. The van der Waals surface area contributed by atoms with Gasteiger partial charge in [0, 0.05) is 17.4 Å². The second-order valence-electron chi connectivity index (χ2n) is 6.06. The Morgan fingerprint density at radius 3 is 2.07 bits per heavy atom. The van der Waals surface area contributed by atoms with Gasteiger partial charge in [0.05, 0.1) is 12.8 Å². The molecule has 0 unspecified atom stereocenters. The van der Waals surface area contributed by atoms with Crippen LogP contribution in [-0.4, -0.2) is 17.1 Å². The fourth-order valence-electron chi connectivity index (χ4n) is 2.85. The lowest BCUT2D eigenvalue weighted by atomic mass is 10.0. The van der Waals surface area contributed by atoms with Crippen LogP contribution in [0.25, 0.3) is 22.4 Å². The lowest BCUT2D eigenvalue weighted by Crippen LogP contribution is -1.98. The Kier molecular flexibility index (Phi) is 4.79. The van der Waals surface area contributed by atoms with Crippen molar-refractivity contribution in [2.75, 3.05) is 12.4 Å². The summed E-state index contributed by atoms with van der Waals surface area (Å²) in [4.78, 5) is 8.94. The number of hydrogen-bond acceptors (Lipinski definition) is 4. The summed E-state index contributed by atoms with van der Waals surface area (Å²) in [6, 6.07) is 28.3. The molecule has 1 N–H and O–H groups in total. The number of nitrogens with one attached hydrogen (secondary N) is 1. The Balaban J connectivity index is 1.55. The maximum absolute atomic E-state index is 5.18. The van der Waals surface area contributed by atoms with Crippen LogP contribution in [-0.2, 0) is 0 Å². The molecule has 4 nitrogen and oxygen atoms in total. The molecular weight excluding hydrogens is 334 g/mol. The number of nitrogens with zero attached hydrogens (tertiary/aromatic N) is 2. The highest BCUT2D eigenvalue weighted by Crippen LogP contribution is 2.25. The van der Waals surface area contributed by atoms with Crippen LogP contribution in [0.3, 0.4) is 0 Å². The summed E-state index contributed by atoms with van der Waals surface area (Å²) in [6.45, 7) is 0. The summed E-state index contributed by atoms with van der Waals surface area (Å²) < 4.78 is 5.18. The predicted molar refractivity (Wildman–Crippen MR) is 109 cm³/mol. The van der Waals surface area contributed by atoms with E-state index < -0.39 is 0 Å². The van der Waals surface area contributed by atoms with Crippen molar-refractivity contribution in [1.82, 2.24) is 9.97 Å². The van der Waals surface area contributed by atoms with Crippen LogP contribution < -0.4 is 10.1 Å². The van der Waals surface area contributed by atoms with E-state index >= 15 is 0 Å². The molecule has 0 radical (unpaired) electrons. The molecule has 1 aromatic heterocycles. The molecule has 0 saturated carbocycles. The van der Waals surface area contributed by atoms with Gasteiger partial charge in [-0.3, -0.25) is 0 Å². The topological polar surface area (TPSA) is 47.0 Å². The Bertz CT molecular complexity index is 1010. The highest BCUT2D eigenvalue weighted by Gasteiger charge is 2.04. The molecular formula is C23H19N3O. The molecule has 4 aromatic rings. The minimum absolute atomic E-state index is 0.560. The maximum Gasteiger partial charge on any atom is 0.227 e. The summed E-state index contributed by atoms with van der Waals surface area (Å²) in [5.41, 5.74) is 5.22. The van der Waals surface area contributed by atoms with Crippen molar-refractivity contribution in [3.8, 4) is 28.1 Å². The third kappa shape index (κ3) is 3.96. The van der Waals surface area contributed by atoms with Gasteiger partial charge in [0.25, 0.3) is 0 Å². The average Bonchev–Trinajstić information content (AvgIpc) is 2.75. The summed E-state index contributed by atoms with van der Waals surface area (Å²) >= 11 is 0. The van der Waals surface area contributed by atoms with Crippen molar-refractivity contribution in [3.05, 3.63) is 91.1 Å². The fraction of sp³-hybridized carbons (Fsp3) is 0.0435. The summed E-state index contributed by atoms with van der Waals surface area (Å²) in [6.07, 6.45) is 1.76. The van der Waals surface area contributed by atoms with Crippen LogP contribution in [0, 0.1) is 0 Å². The first kappa shape index (κ1) is 16.8. The number of methoxy groups -OCH3 is 1. The van der Waals surface area contributed by atoms with Crippen molar-refractivity contribution in [2.24, 2.45) is 0 Å². The second-order valence-corrected chi connectivity index (χ2v) is 6.06. The van der Waals surface area contributed by atoms with Gasteiger partial charge in [-0.15, -0.1) is 0 Å². The number of aromatic nitrogens is 2. The van der Waals surface area contributed by atoms with Crippen molar-refractivity contribution in [2.45, 2.75) is 0 Å². The molecule has 132 valence electrons. The van der Waals surface area contributed by atoms with E-state index in [0.29, 0.717) is 5.95 Å². The van der Waals surface area contributed by atoms with Gasteiger partial charge >= 0.3 is 0 Å². The molecule has 0 aliphatic rings. The van der Waals surface area contributed by atoms with E-state index in [-0.39, 0.29) is 0 Å². The van der Waals surface area contributed by atoms with Gasteiger partial charge in [0.1, 0.15) is 5.75 Å². The van der Waals surface area contributed by atoms with Crippen LogP contribution >= 0.6 is 0 Å². The molecule has 4 heteroatoms. The molecule has 0 atom stereocenters. The lowest BCUT2D eigenvalue weighted by Gasteiger charge is -2.08. The zero-order valence-corrected chi connectivity index (χ0v) is 15.0. The molecule has 27 heavy (non-hydrogen) atoms. The molecule has 4 rings (SSSR count). The largest absolute Gasteiger partial charge is 0.497 e. The molecule has 0 spiro atoms. The Morgan fingerprint density at radius 2 is 1.37 bits per heavy atom. The molecule has 3 aromatic carbocycles. The van der Waals surface area contributed by atoms with E-state index in [0.717, 1.165) is 22.7 Å². The van der Waals surface area contributed by atoms with E-state index in [2.05, 4.69) is 51.7 Å². The van der Waals surface area contributed by atoms with Crippen molar-refractivity contribution < 1.29 is 4.74 Å². The van der Waals surface area contributed by atoms with Crippen molar-refractivity contribution in [3.63, 3.8) is 0 Å². The summed E-state index contributed by atoms with van der Waals surface area (Å²) in [5.74, 6) is 1.37. The lowest BCUT2D eigenvalue weighted by molar-refractivity contribution is 0.415. The van der Waals surface area contributed by atoms with Crippen LogP contribution in [0.15, 0.2) is 91.1 Å². The zero-order valence-electron chi connectivity index (χ0n) is 15.0. The summed E-state index contributed by atoms with van der Waals surface area (Å²) in [5, 5.41) is 3.22. The number of ether oxygens (including phenoxy) is 1. The first-order valence-electron chi connectivity index (χ1n) is 8.72. The number of benzene rings is 3. The molecule has 1 heterocycles. The molecule has 0 aliphatic carbocycles. The van der Waals surface area contributed by atoms with E-state index in [1.165, 1.54) is 11.1 Å². The van der Waals surface area contributed by atoms with Crippen LogP contribution in [0.2, 0.25) is 0 Å². The maximum atomic E-state index is 5.18. The number of hydrogen-bond donors (Lipinski definition) is 1. The Labute approximate surface area is 158 Å². The molecule has 0 aliphatic heterocycles. The van der Waals surface area contributed by atoms with Gasteiger partial charge in [-0.2, -0.15) is 0 Å². The van der Waals surface area contributed by atoms with Gasteiger partial charge in [-0.05, 0) is 41.5 Å². The first-order chi connectivity index (χ1) is 13.3. The third-order valence-corrected chi connectivity index (χ3v) is 4.29. The first-order valence-corrected chi connectivity index (χ1v) is 8.72. The predicted octanol–water partition coefficient (Wildman–Crippen LogP) is 5.56. The average molecular weight is 353 g/mol. The summed E-state index contributed by atoms with van der Waals surface area (Å²) in [7, 11) is 1.65. The minimum atomic E-state index is 0.560. The molecule has 0 bridgehead atoms. The van der Waals surface area contributed by atoms with Gasteiger partial charge in [0.15, 0.2) is 0 Å². The Morgan fingerprint density at radius 1 is 0.704 bits per heavy atom. The molecule has 0 fully saturated rings. The minimum Gasteiger partial charge on any atom is -0.497 e. The van der Waals surface area contributed by atoms with E-state index in [4.69, 9.17) is 4.74 Å². The smallest absolute Gasteiger partial charge is 0.227 e. The van der Waals surface area contributed by atoms with E-state index in [1.807, 2.05) is 48.5 Å².